The van der Waals surface area contributed by atoms with Crippen molar-refractivity contribution >= 4 is 17.5 Å². The van der Waals surface area contributed by atoms with Crippen molar-refractivity contribution < 1.29 is 4.79 Å². The molecule has 0 unspecified atom stereocenters. The van der Waals surface area contributed by atoms with E-state index in [1.807, 2.05) is 6.92 Å². The van der Waals surface area contributed by atoms with Gasteiger partial charge in [0.05, 0.1) is 5.75 Å². The van der Waals surface area contributed by atoms with Crippen molar-refractivity contribution in [3.8, 4) is 0 Å². The first-order valence-electron chi connectivity index (χ1n) is 3.60. The van der Waals surface area contributed by atoms with Gasteiger partial charge in [0.1, 0.15) is 5.78 Å². The summed E-state index contributed by atoms with van der Waals surface area (Å²) in [5.41, 5.74) is 5.26. The summed E-state index contributed by atoms with van der Waals surface area (Å²) in [6.07, 6.45) is 1.68. The first-order valence-corrected chi connectivity index (χ1v) is 4.76. The van der Waals surface area contributed by atoms with Gasteiger partial charge in [-0.25, -0.2) is 0 Å². The molecule has 0 aliphatic heterocycles. The van der Waals surface area contributed by atoms with Crippen molar-refractivity contribution in [2.24, 2.45) is 5.73 Å². The van der Waals surface area contributed by atoms with Gasteiger partial charge in [0.2, 0.25) is 0 Å². The fourth-order valence-electron chi connectivity index (χ4n) is 0.620. The van der Waals surface area contributed by atoms with Crippen LogP contribution in [0.25, 0.3) is 0 Å². The molecule has 0 fully saturated rings. The van der Waals surface area contributed by atoms with Crippen molar-refractivity contribution in [2.45, 2.75) is 19.8 Å². The molecule has 0 amide bonds. The zero-order valence-electron chi connectivity index (χ0n) is 6.43. The van der Waals surface area contributed by atoms with Crippen LogP contribution < -0.4 is 5.73 Å². The molecule has 0 aliphatic rings. The Kier molecular flexibility index (Phi) is 7.08. The summed E-state index contributed by atoms with van der Waals surface area (Å²) in [5.74, 6) is 1.89. The Bertz CT molecular complexity index is 95.6. The lowest BCUT2D eigenvalue weighted by atomic mass is 10.3. The lowest BCUT2D eigenvalue weighted by Gasteiger charge is -1.96. The largest absolute Gasteiger partial charge is 0.330 e. The van der Waals surface area contributed by atoms with Gasteiger partial charge in [-0.05, 0) is 6.42 Å². The molecule has 2 nitrogen and oxygen atoms in total. The Morgan fingerprint density at radius 1 is 1.60 bits per heavy atom. The zero-order valence-corrected chi connectivity index (χ0v) is 7.25. The predicted molar refractivity (Wildman–Crippen MR) is 46.3 cm³/mol. The SMILES string of the molecule is CCCC(=O)CSCCN. The second kappa shape index (κ2) is 7.09. The molecule has 3 heteroatoms. The van der Waals surface area contributed by atoms with Crippen LogP contribution in [-0.2, 0) is 4.79 Å². The van der Waals surface area contributed by atoms with Crippen LogP contribution in [0.1, 0.15) is 19.8 Å². The molecule has 0 saturated carbocycles. The highest BCUT2D eigenvalue weighted by Crippen LogP contribution is 2.01. The maximum absolute atomic E-state index is 10.9. The Morgan fingerprint density at radius 3 is 2.80 bits per heavy atom. The van der Waals surface area contributed by atoms with Crippen molar-refractivity contribution in [1.29, 1.82) is 0 Å². The van der Waals surface area contributed by atoms with Gasteiger partial charge in [-0.2, -0.15) is 11.8 Å². The molecule has 0 atom stereocenters. The van der Waals surface area contributed by atoms with Crippen LogP contribution in [0, 0.1) is 0 Å². The number of thioether (sulfide) groups is 1. The minimum absolute atomic E-state index is 0.348. The number of Topliss-reactive ketones (excluding diaryl/α,β-unsaturated/α-hetero) is 1. The maximum Gasteiger partial charge on any atom is 0.142 e. The van der Waals surface area contributed by atoms with E-state index in [0.29, 0.717) is 18.1 Å². The normalized spacial score (nSPS) is 9.80. The number of hydrogen-bond acceptors (Lipinski definition) is 3. The van der Waals surface area contributed by atoms with Crippen LogP contribution in [0.2, 0.25) is 0 Å². The van der Waals surface area contributed by atoms with E-state index in [4.69, 9.17) is 5.73 Å². The number of nitrogens with two attached hydrogens (primary N) is 1. The van der Waals surface area contributed by atoms with Crippen LogP contribution in [0.3, 0.4) is 0 Å². The lowest BCUT2D eigenvalue weighted by Crippen LogP contribution is -2.06. The third-order valence-electron chi connectivity index (χ3n) is 1.05. The van der Waals surface area contributed by atoms with E-state index in [2.05, 4.69) is 0 Å². The Labute approximate surface area is 66.6 Å². The molecular formula is C7H15NOS. The van der Waals surface area contributed by atoms with Gasteiger partial charge in [0, 0.05) is 18.7 Å². The topological polar surface area (TPSA) is 43.1 Å². The quantitative estimate of drug-likeness (QED) is 0.592. The summed E-state index contributed by atoms with van der Waals surface area (Å²) in [6.45, 7) is 2.69. The third kappa shape index (κ3) is 6.11. The molecule has 0 bridgehead atoms. The van der Waals surface area contributed by atoms with Gasteiger partial charge < -0.3 is 5.73 Å². The summed E-state index contributed by atoms with van der Waals surface area (Å²) >= 11 is 1.63. The van der Waals surface area contributed by atoms with Crippen molar-refractivity contribution in [1.82, 2.24) is 0 Å². The van der Waals surface area contributed by atoms with Gasteiger partial charge in [-0.3, -0.25) is 4.79 Å². The zero-order chi connectivity index (χ0) is 7.82. The van der Waals surface area contributed by atoms with Gasteiger partial charge in [-0.1, -0.05) is 6.92 Å². The first-order chi connectivity index (χ1) is 4.81. The van der Waals surface area contributed by atoms with E-state index < -0.39 is 0 Å². The van der Waals surface area contributed by atoms with Crippen LogP contribution in [0.4, 0.5) is 0 Å². The molecule has 0 aromatic carbocycles. The second-order valence-corrected chi connectivity index (χ2v) is 3.24. The van der Waals surface area contributed by atoms with Crippen molar-refractivity contribution in [3.63, 3.8) is 0 Å². The first kappa shape index (κ1) is 9.98. The van der Waals surface area contributed by atoms with Crippen LogP contribution in [0.15, 0.2) is 0 Å². The molecule has 10 heavy (non-hydrogen) atoms. The van der Waals surface area contributed by atoms with Crippen molar-refractivity contribution in [3.05, 3.63) is 0 Å². The van der Waals surface area contributed by atoms with Crippen molar-refractivity contribution in [2.75, 3.05) is 18.1 Å². The highest BCUT2D eigenvalue weighted by Gasteiger charge is 1.98. The van der Waals surface area contributed by atoms with Crippen LogP contribution in [0.5, 0.6) is 0 Å². The standard InChI is InChI=1S/C7H15NOS/c1-2-3-7(9)6-10-5-4-8/h2-6,8H2,1H3. The molecular weight excluding hydrogens is 146 g/mol. The second-order valence-electron chi connectivity index (χ2n) is 2.13. The fourth-order valence-corrected chi connectivity index (χ4v) is 1.30. The Morgan fingerprint density at radius 2 is 2.30 bits per heavy atom. The average Bonchev–Trinajstić information content (AvgIpc) is 1.89. The molecule has 0 aromatic rings. The number of carbonyl (C=O) groups is 1. The van der Waals surface area contributed by atoms with E-state index in [1.54, 1.807) is 11.8 Å². The summed E-state index contributed by atoms with van der Waals surface area (Å²) in [7, 11) is 0. The molecule has 0 radical (unpaired) electrons. The number of ketones is 1. The molecule has 2 N–H and O–H groups in total. The van der Waals surface area contributed by atoms with E-state index in [-0.39, 0.29) is 0 Å². The Hall–Kier alpha value is -0.0200. The summed E-state index contributed by atoms with van der Waals surface area (Å²) in [6, 6.07) is 0. The van der Waals surface area contributed by atoms with E-state index in [1.165, 1.54) is 0 Å². The number of hydrogen-bond donors (Lipinski definition) is 1. The minimum Gasteiger partial charge on any atom is -0.330 e. The summed E-state index contributed by atoms with van der Waals surface area (Å²) < 4.78 is 0. The Balaban J connectivity index is 3.05. The molecule has 0 rings (SSSR count). The predicted octanol–water partition coefficient (Wildman–Crippen LogP) is 1.05. The van der Waals surface area contributed by atoms with E-state index >= 15 is 0 Å². The smallest absolute Gasteiger partial charge is 0.142 e. The van der Waals surface area contributed by atoms with Gasteiger partial charge in [-0.15, -0.1) is 0 Å². The van der Waals surface area contributed by atoms with Gasteiger partial charge >= 0.3 is 0 Å². The highest BCUT2D eigenvalue weighted by molar-refractivity contribution is 7.99. The highest BCUT2D eigenvalue weighted by atomic mass is 32.2. The summed E-state index contributed by atoms with van der Waals surface area (Å²) in [4.78, 5) is 10.9. The van der Waals surface area contributed by atoms with Crippen LogP contribution >= 0.6 is 11.8 Å². The number of carbonyl (C=O) groups excluding carboxylic acids is 1. The summed E-state index contributed by atoms with van der Waals surface area (Å²) in [5, 5.41) is 0. The molecule has 0 heterocycles. The van der Waals surface area contributed by atoms with E-state index in [9.17, 15) is 4.79 Å². The molecule has 0 aliphatic carbocycles. The van der Waals surface area contributed by atoms with E-state index in [0.717, 1.165) is 18.6 Å². The fraction of sp³-hybridized carbons (Fsp3) is 0.857. The van der Waals surface area contributed by atoms with Gasteiger partial charge in [0.25, 0.3) is 0 Å². The van der Waals surface area contributed by atoms with Crippen LogP contribution in [-0.4, -0.2) is 23.8 Å². The lowest BCUT2D eigenvalue weighted by molar-refractivity contribution is -0.116. The minimum atomic E-state index is 0.348. The maximum atomic E-state index is 10.9. The molecule has 60 valence electrons. The van der Waals surface area contributed by atoms with Gasteiger partial charge in [0.15, 0.2) is 0 Å². The third-order valence-corrected chi connectivity index (χ3v) is 2.10. The average molecular weight is 161 g/mol. The monoisotopic (exact) mass is 161 g/mol. The number of rotatable bonds is 6. The molecule has 0 spiro atoms. The molecule has 0 saturated heterocycles. The molecule has 0 aromatic heterocycles.